The average Bonchev–Trinajstić information content (AvgIpc) is 2.93. The quantitative estimate of drug-likeness (QED) is 0.619. The van der Waals surface area contributed by atoms with E-state index in [-0.39, 0.29) is 22.2 Å². The molecule has 0 fully saturated rings. The van der Waals surface area contributed by atoms with E-state index in [4.69, 9.17) is 4.74 Å². The number of nitrogens with one attached hydrogen (secondary N) is 1. The van der Waals surface area contributed by atoms with Gasteiger partial charge in [0.05, 0.1) is 17.9 Å². The molecular weight excluding hydrogens is 369 g/mol. The topological polar surface area (TPSA) is 68.3 Å². The number of amides is 1. The molecule has 2 rings (SSSR count). The smallest absolute Gasteiger partial charge is 0.417 e. The first-order valence-corrected chi connectivity index (χ1v) is 8.34. The van der Waals surface area contributed by atoms with Crippen molar-refractivity contribution >= 4 is 33.9 Å². The fourth-order valence-corrected chi connectivity index (χ4v) is 2.92. The summed E-state index contributed by atoms with van der Waals surface area (Å²) in [6.07, 6.45) is -4.23. The Morgan fingerprint density at radius 1 is 1.27 bits per heavy atom. The summed E-state index contributed by atoms with van der Waals surface area (Å²) in [4.78, 5) is 27.9. The summed E-state index contributed by atoms with van der Waals surface area (Å²) in [6.45, 7) is 3.36. The van der Waals surface area contributed by atoms with Crippen LogP contribution in [0.4, 0.5) is 18.3 Å². The first-order chi connectivity index (χ1) is 12.2. The number of esters is 1. The Morgan fingerprint density at radius 2 is 1.92 bits per heavy atom. The van der Waals surface area contributed by atoms with Crippen molar-refractivity contribution in [3.05, 3.63) is 52.5 Å². The van der Waals surface area contributed by atoms with Crippen LogP contribution in [-0.2, 0) is 9.53 Å². The molecule has 0 atom stereocenters. The minimum Gasteiger partial charge on any atom is -0.462 e. The second kappa shape index (κ2) is 8.13. The first kappa shape index (κ1) is 19.6. The van der Waals surface area contributed by atoms with Crippen LogP contribution in [0.5, 0.6) is 0 Å². The summed E-state index contributed by atoms with van der Waals surface area (Å²) in [6, 6.07) is 7.00. The molecule has 1 heterocycles. The van der Waals surface area contributed by atoms with Crippen LogP contribution in [0, 0.1) is 6.92 Å². The highest BCUT2D eigenvalue weighted by atomic mass is 32.1. The summed E-state index contributed by atoms with van der Waals surface area (Å²) in [7, 11) is 0. The zero-order valence-electron chi connectivity index (χ0n) is 13.9. The van der Waals surface area contributed by atoms with Crippen molar-refractivity contribution in [2.24, 2.45) is 0 Å². The standard InChI is InChI=1S/C17H15F3N2O3S/c1-3-25-15(24)14-10(2)21-16(26-14)22-13(23)9-12(17(18,19)20)11-7-5-4-6-8-11/h4-9H,3H2,1-2H3,(H,21,22,23)/b12-9-. The molecule has 0 saturated carbocycles. The minimum absolute atomic E-state index is 0.0152. The average molecular weight is 384 g/mol. The lowest BCUT2D eigenvalue weighted by molar-refractivity contribution is -0.112. The van der Waals surface area contributed by atoms with Gasteiger partial charge in [0.15, 0.2) is 5.13 Å². The Hall–Kier alpha value is -2.68. The van der Waals surface area contributed by atoms with Gasteiger partial charge in [-0.05, 0) is 19.4 Å². The fourth-order valence-electron chi connectivity index (χ4n) is 2.06. The lowest BCUT2D eigenvalue weighted by Gasteiger charge is -2.11. The van der Waals surface area contributed by atoms with Gasteiger partial charge in [-0.15, -0.1) is 0 Å². The molecule has 1 N–H and O–H groups in total. The van der Waals surface area contributed by atoms with Gasteiger partial charge in [0.25, 0.3) is 5.91 Å². The van der Waals surface area contributed by atoms with E-state index in [1.165, 1.54) is 24.3 Å². The lowest BCUT2D eigenvalue weighted by Crippen LogP contribution is -2.16. The van der Waals surface area contributed by atoms with Gasteiger partial charge in [0.2, 0.25) is 0 Å². The molecule has 138 valence electrons. The predicted octanol–water partition coefficient (Wildman–Crippen LogP) is 4.21. The van der Waals surface area contributed by atoms with Crippen LogP contribution in [0.2, 0.25) is 0 Å². The van der Waals surface area contributed by atoms with Gasteiger partial charge in [0, 0.05) is 6.08 Å². The van der Waals surface area contributed by atoms with Crippen LogP contribution >= 0.6 is 11.3 Å². The van der Waals surface area contributed by atoms with Crippen molar-refractivity contribution in [1.82, 2.24) is 4.98 Å². The van der Waals surface area contributed by atoms with Crippen LogP contribution < -0.4 is 5.32 Å². The van der Waals surface area contributed by atoms with Crippen molar-refractivity contribution in [3.8, 4) is 0 Å². The number of anilines is 1. The number of alkyl halides is 3. The molecule has 0 aliphatic heterocycles. The van der Waals surface area contributed by atoms with Crippen LogP contribution in [0.1, 0.15) is 27.9 Å². The zero-order chi connectivity index (χ0) is 19.3. The Balaban J connectivity index is 2.24. The van der Waals surface area contributed by atoms with E-state index in [2.05, 4.69) is 10.3 Å². The Labute approximate surface area is 151 Å². The molecule has 0 saturated heterocycles. The van der Waals surface area contributed by atoms with Gasteiger partial charge >= 0.3 is 12.1 Å². The van der Waals surface area contributed by atoms with E-state index < -0.39 is 23.6 Å². The number of benzene rings is 1. The normalized spacial score (nSPS) is 12.0. The van der Waals surface area contributed by atoms with Crippen molar-refractivity contribution < 1.29 is 27.5 Å². The first-order valence-electron chi connectivity index (χ1n) is 7.52. The minimum atomic E-state index is -4.70. The number of rotatable bonds is 5. The summed E-state index contributed by atoms with van der Waals surface area (Å²) in [5, 5.41) is 2.27. The molecule has 0 spiro atoms. The number of aryl methyl sites for hydroxylation is 1. The van der Waals surface area contributed by atoms with Gasteiger partial charge in [-0.25, -0.2) is 9.78 Å². The monoisotopic (exact) mass is 384 g/mol. The highest BCUT2D eigenvalue weighted by Crippen LogP contribution is 2.34. The van der Waals surface area contributed by atoms with Gasteiger partial charge in [-0.2, -0.15) is 13.2 Å². The second-order valence-corrected chi connectivity index (χ2v) is 6.06. The SMILES string of the molecule is CCOC(=O)c1sc(NC(=O)/C=C(/c2ccccc2)C(F)(F)F)nc1C. The maximum Gasteiger partial charge on any atom is 0.417 e. The molecule has 0 aliphatic rings. The largest absolute Gasteiger partial charge is 0.462 e. The molecule has 0 bridgehead atoms. The van der Waals surface area contributed by atoms with Crippen LogP contribution in [0.3, 0.4) is 0 Å². The van der Waals surface area contributed by atoms with E-state index in [1.54, 1.807) is 19.9 Å². The number of ether oxygens (including phenoxy) is 1. The van der Waals surface area contributed by atoms with E-state index in [0.717, 1.165) is 11.3 Å². The maximum absolute atomic E-state index is 13.2. The Bertz CT molecular complexity index is 830. The van der Waals surface area contributed by atoms with Crippen molar-refractivity contribution in [2.75, 3.05) is 11.9 Å². The van der Waals surface area contributed by atoms with Gasteiger partial charge in [0.1, 0.15) is 4.88 Å². The number of hydrogen-bond acceptors (Lipinski definition) is 5. The summed E-state index contributed by atoms with van der Waals surface area (Å²) < 4.78 is 44.6. The predicted molar refractivity (Wildman–Crippen MR) is 91.9 cm³/mol. The number of carbonyl (C=O) groups excluding carboxylic acids is 2. The number of halogens is 3. The number of carbonyl (C=O) groups is 2. The van der Waals surface area contributed by atoms with Crippen molar-refractivity contribution in [1.29, 1.82) is 0 Å². The molecule has 1 aromatic carbocycles. The van der Waals surface area contributed by atoms with Crippen LogP contribution in [-0.4, -0.2) is 29.6 Å². The Kier molecular flexibility index (Phi) is 6.14. The number of hydrogen-bond donors (Lipinski definition) is 1. The molecule has 1 amide bonds. The van der Waals surface area contributed by atoms with E-state index in [1.807, 2.05) is 0 Å². The van der Waals surface area contributed by atoms with Crippen molar-refractivity contribution in [3.63, 3.8) is 0 Å². The third kappa shape index (κ3) is 4.92. The van der Waals surface area contributed by atoms with Crippen molar-refractivity contribution in [2.45, 2.75) is 20.0 Å². The molecule has 26 heavy (non-hydrogen) atoms. The maximum atomic E-state index is 13.2. The van der Waals surface area contributed by atoms with E-state index >= 15 is 0 Å². The van der Waals surface area contributed by atoms with Gasteiger partial charge in [-0.3, -0.25) is 10.1 Å². The molecule has 0 unspecified atom stereocenters. The number of aromatic nitrogens is 1. The third-order valence-electron chi connectivity index (χ3n) is 3.15. The summed E-state index contributed by atoms with van der Waals surface area (Å²) >= 11 is 0.838. The molecule has 2 aromatic rings. The van der Waals surface area contributed by atoms with Gasteiger partial charge in [-0.1, -0.05) is 41.7 Å². The lowest BCUT2D eigenvalue weighted by atomic mass is 10.1. The highest BCUT2D eigenvalue weighted by molar-refractivity contribution is 7.17. The fraction of sp³-hybridized carbons (Fsp3) is 0.235. The zero-order valence-corrected chi connectivity index (χ0v) is 14.7. The molecular formula is C17H15F3N2O3S. The van der Waals surface area contributed by atoms with Crippen LogP contribution in [0.15, 0.2) is 36.4 Å². The second-order valence-electron chi connectivity index (χ2n) is 5.07. The van der Waals surface area contributed by atoms with E-state index in [0.29, 0.717) is 11.8 Å². The molecule has 1 aromatic heterocycles. The third-order valence-corrected chi connectivity index (χ3v) is 4.21. The highest BCUT2D eigenvalue weighted by Gasteiger charge is 2.35. The summed E-state index contributed by atoms with van der Waals surface area (Å²) in [5.41, 5.74) is -0.876. The summed E-state index contributed by atoms with van der Waals surface area (Å²) in [5.74, 6) is -1.59. The van der Waals surface area contributed by atoms with Gasteiger partial charge < -0.3 is 4.74 Å². The molecule has 9 heteroatoms. The molecule has 5 nitrogen and oxygen atoms in total. The number of nitrogens with zero attached hydrogens (tertiary/aromatic N) is 1. The number of thiazole rings is 1. The van der Waals surface area contributed by atoms with E-state index in [9.17, 15) is 22.8 Å². The number of allylic oxidation sites excluding steroid dienone is 1. The van der Waals surface area contributed by atoms with Crippen LogP contribution in [0.25, 0.3) is 5.57 Å². The molecule has 0 aliphatic carbocycles. The Morgan fingerprint density at radius 3 is 2.50 bits per heavy atom. The molecule has 0 radical (unpaired) electrons.